The first-order valence-corrected chi connectivity index (χ1v) is 25.5. The van der Waals surface area contributed by atoms with Gasteiger partial charge < -0.3 is 14.2 Å². The molecule has 5 nitrogen and oxygen atoms in total. The molecular formula is C55H96O5. The molecule has 0 aliphatic heterocycles. The lowest BCUT2D eigenvalue weighted by Crippen LogP contribution is -2.30. The predicted molar refractivity (Wildman–Crippen MR) is 260 cm³/mol. The largest absolute Gasteiger partial charge is 0.462 e. The van der Waals surface area contributed by atoms with Crippen molar-refractivity contribution in [1.29, 1.82) is 0 Å². The summed E-state index contributed by atoms with van der Waals surface area (Å²) < 4.78 is 17.3. The Labute approximate surface area is 372 Å². The third kappa shape index (κ3) is 48.0. The molecule has 0 aromatic heterocycles. The number of unbranched alkanes of at least 4 members (excludes halogenated alkanes) is 23. The first-order chi connectivity index (χ1) is 29.6. The molecule has 0 aromatic rings. The van der Waals surface area contributed by atoms with E-state index in [1.54, 1.807) is 0 Å². The van der Waals surface area contributed by atoms with Gasteiger partial charge in [-0.1, -0.05) is 209 Å². The number of allylic oxidation sites excluding steroid dienone is 12. The molecule has 0 bridgehead atoms. The lowest BCUT2D eigenvalue weighted by molar-refractivity contribution is -0.163. The summed E-state index contributed by atoms with van der Waals surface area (Å²) in [6.45, 7) is 7.64. The second-order valence-electron chi connectivity index (χ2n) is 16.7. The number of rotatable bonds is 46. The van der Waals surface area contributed by atoms with Gasteiger partial charge in [-0.15, -0.1) is 0 Å². The van der Waals surface area contributed by atoms with Crippen LogP contribution in [0, 0.1) is 0 Å². The van der Waals surface area contributed by atoms with Crippen LogP contribution in [0.3, 0.4) is 0 Å². The lowest BCUT2D eigenvalue weighted by atomic mass is 10.1. The highest BCUT2D eigenvalue weighted by molar-refractivity contribution is 5.70. The minimum absolute atomic E-state index is 0.0701. The molecule has 1 atom stereocenters. The monoisotopic (exact) mass is 837 g/mol. The van der Waals surface area contributed by atoms with Gasteiger partial charge in [0.25, 0.3) is 0 Å². The van der Waals surface area contributed by atoms with E-state index in [9.17, 15) is 9.59 Å². The SMILES string of the molecule is CC/C=C\C/C=C\C/C=C\C/C=C\C/C=C\CCCCCCOCC(COC(=O)CCCCCCC/C=C\CCCCCCCC)OC(=O)CCCCCCCCCCC. The average Bonchev–Trinajstić information content (AvgIpc) is 3.25. The zero-order valence-electron chi connectivity index (χ0n) is 39.7. The van der Waals surface area contributed by atoms with Gasteiger partial charge in [-0.25, -0.2) is 0 Å². The van der Waals surface area contributed by atoms with Crippen LogP contribution >= 0.6 is 0 Å². The quantitative estimate of drug-likeness (QED) is 0.0347. The predicted octanol–water partition coefficient (Wildman–Crippen LogP) is 17.1. The van der Waals surface area contributed by atoms with Gasteiger partial charge >= 0.3 is 11.9 Å². The molecular weight excluding hydrogens is 741 g/mol. The van der Waals surface area contributed by atoms with Gasteiger partial charge in [0.05, 0.1) is 6.61 Å². The maximum atomic E-state index is 12.7. The number of carbonyl (C=O) groups excluding carboxylic acids is 2. The van der Waals surface area contributed by atoms with Crippen LogP contribution in [0.1, 0.15) is 239 Å². The average molecular weight is 837 g/mol. The molecule has 0 saturated heterocycles. The van der Waals surface area contributed by atoms with Crippen LogP contribution in [-0.2, 0) is 23.8 Å². The molecule has 346 valence electrons. The van der Waals surface area contributed by atoms with Crippen LogP contribution in [0.15, 0.2) is 72.9 Å². The van der Waals surface area contributed by atoms with E-state index in [4.69, 9.17) is 14.2 Å². The van der Waals surface area contributed by atoms with Crippen molar-refractivity contribution in [1.82, 2.24) is 0 Å². The highest BCUT2D eigenvalue weighted by atomic mass is 16.6. The Balaban J connectivity index is 4.25. The van der Waals surface area contributed by atoms with Crippen molar-refractivity contribution in [2.45, 2.75) is 245 Å². The molecule has 0 aliphatic carbocycles. The molecule has 0 spiro atoms. The van der Waals surface area contributed by atoms with Crippen LogP contribution in [0.5, 0.6) is 0 Å². The summed E-state index contributed by atoms with van der Waals surface area (Å²) in [6, 6.07) is 0. The lowest BCUT2D eigenvalue weighted by Gasteiger charge is -2.18. The number of hydrogen-bond acceptors (Lipinski definition) is 5. The molecule has 0 amide bonds. The van der Waals surface area contributed by atoms with E-state index in [0.717, 1.165) is 89.9 Å². The minimum Gasteiger partial charge on any atom is -0.462 e. The Kier molecular flexibility index (Phi) is 48.4. The zero-order chi connectivity index (χ0) is 43.5. The van der Waals surface area contributed by atoms with Gasteiger partial charge in [-0.05, 0) is 89.9 Å². The summed E-state index contributed by atoms with van der Waals surface area (Å²) in [5.74, 6) is -0.421. The molecule has 60 heavy (non-hydrogen) atoms. The second-order valence-corrected chi connectivity index (χ2v) is 16.7. The molecule has 0 N–H and O–H groups in total. The van der Waals surface area contributed by atoms with Crippen molar-refractivity contribution in [3.8, 4) is 0 Å². The molecule has 0 saturated carbocycles. The third-order valence-electron chi connectivity index (χ3n) is 10.7. The summed E-state index contributed by atoms with van der Waals surface area (Å²) in [7, 11) is 0. The topological polar surface area (TPSA) is 61.8 Å². The summed E-state index contributed by atoms with van der Waals surface area (Å²) in [5, 5.41) is 0. The Hall–Kier alpha value is -2.66. The third-order valence-corrected chi connectivity index (χ3v) is 10.7. The van der Waals surface area contributed by atoms with Crippen molar-refractivity contribution in [2.75, 3.05) is 19.8 Å². The van der Waals surface area contributed by atoms with E-state index < -0.39 is 6.10 Å². The Bertz CT molecular complexity index is 1080. The van der Waals surface area contributed by atoms with Gasteiger partial charge in [0.1, 0.15) is 6.61 Å². The van der Waals surface area contributed by atoms with Crippen LogP contribution in [0.25, 0.3) is 0 Å². The zero-order valence-corrected chi connectivity index (χ0v) is 39.7. The summed E-state index contributed by atoms with van der Waals surface area (Å²) in [6.07, 6.45) is 64.8. The van der Waals surface area contributed by atoms with Crippen LogP contribution in [0.2, 0.25) is 0 Å². The molecule has 0 heterocycles. The van der Waals surface area contributed by atoms with Crippen LogP contribution < -0.4 is 0 Å². The number of ether oxygens (including phenoxy) is 3. The molecule has 0 aromatic carbocycles. The maximum Gasteiger partial charge on any atom is 0.306 e. The molecule has 0 aliphatic rings. The van der Waals surface area contributed by atoms with Crippen LogP contribution in [0.4, 0.5) is 0 Å². The van der Waals surface area contributed by atoms with E-state index >= 15 is 0 Å². The van der Waals surface area contributed by atoms with Gasteiger partial charge in [-0.3, -0.25) is 9.59 Å². The summed E-state index contributed by atoms with van der Waals surface area (Å²) in [5.41, 5.74) is 0. The van der Waals surface area contributed by atoms with Gasteiger partial charge in [-0.2, -0.15) is 0 Å². The first kappa shape index (κ1) is 57.3. The molecule has 0 rings (SSSR count). The van der Waals surface area contributed by atoms with E-state index in [0.29, 0.717) is 19.4 Å². The maximum absolute atomic E-state index is 12.7. The Morgan fingerprint density at radius 1 is 0.383 bits per heavy atom. The number of carbonyl (C=O) groups is 2. The van der Waals surface area contributed by atoms with E-state index in [-0.39, 0.29) is 25.2 Å². The molecule has 5 heteroatoms. The van der Waals surface area contributed by atoms with Crippen molar-refractivity contribution in [2.24, 2.45) is 0 Å². The van der Waals surface area contributed by atoms with Crippen molar-refractivity contribution in [3.05, 3.63) is 72.9 Å². The normalized spacial score (nSPS) is 12.8. The van der Waals surface area contributed by atoms with Crippen LogP contribution in [-0.4, -0.2) is 37.9 Å². The smallest absolute Gasteiger partial charge is 0.306 e. The Morgan fingerprint density at radius 2 is 0.750 bits per heavy atom. The summed E-state index contributed by atoms with van der Waals surface area (Å²) >= 11 is 0. The first-order valence-electron chi connectivity index (χ1n) is 25.5. The fraction of sp³-hybridized carbons (Fsp3) is 0.745. The van der Waals surface area contributed by atoms with Gasteiger partial charge in [0.2, 0.25) is 0 Å². The van der Waals surface area contributed by atoms with Gasteiger partial charge in [0, 0.05) is 19.4 Å². The highest BCUT2D eigenvalue weighted by Crippen LogP contribution is 2.14. The molecule has 0 fully saturated rings. The number of esters is 2. The number of hydrogen-bond donors (Lipinski definition) is 0. The van der Waals surface area contributed by atoms with E-state index in [1.165, 1.54) is 116 Å². The fourth-order valence-corrected chi connectivity index (χ4v) is 6.94. The molecule has 0 radical (unpaired) electrons. The van der Waals surface area contributed by atoms with E-state index in [2.05, 4.69) is 93.7 Å². The van der Waals surface area contributed by atoms with Crippen molar-refractivity contribution >= 4 is 11.9 Å². The van der Waals surface area contributed by atoms with Crippen molar-refractivity contribution in [3.63, 3.8) is 0 Å². The van der Waals surface area contributed by atoms with Gasteiger partial charge in [0.15, 0.2) is 6.10 Å². The van der Waals surface area contributed by atoms with E-state index in [1.807, 2.05) is 0 Å². The van der Waals surface area contributed by atoms with Crippen molar-refractivity contribution < 1.29 is 23.8 Å². The fourth-order valence-electron chi connectivity index (χ4n) is 6.94. The summed E-state index contributed by atoms with van der Waals surface area (Å²) in [4.78, 5) is 25.3. The standard InChI is InChI=1S/C55H96O5/c1-4-7-10-13-16-19-21-23-25-26-27-28-29-31-33-35-38-41-44-47-50-58-51-53(60-55(57)49-46-43-40-36-18-15-12-9-6-3)52-59-54(56)48-45-42-39-37-34-32-30-24-22-20-17-14-11-8-5-2/h7,10,16,19,23-25,27-28,30-31,33,53H,4-6,8-9,11-15,17-18,20-22,26,29,32,34-52H2,1-3H3/b10-7-,19-16-,25-23-,28-27-,30-24-,33-31-. The Morgan fingerprint density at radius 3 is 1.22 bits per heavy atom. The second kappa shape index (κ2) is 50.7. The molecule has 1 unspecified atom stereocenters. The minimum atomic E-state index is -0.551. The highest BCUT2D eigenvalue weighted by Gasteiger charge is 2.17.